The number of carbonyl (C=O) groups excluding carboxylic acids is 2. The fourth-order valence-corrected chi connectivity index (χ4v) is 5.95. The Morgan fingerprint density at radius 2 is 1.59 bits per heavy atom. The lowest BCUT2D eigenvalue weighted by atomic mass is 10.1. The van der Waals surface area contributed by atoms with E-state index in [1.54, 1.807) is 61.5 Å². The molecule has 11 heteroatoms. The minimum absolute atomic E-state index is 0.00720. The number of hydrogen-bond acceptors (Lipinski definition) is 5. The van der Waals surface area contributed by atoms with Crippen LogP contribution in [0.2, 0.25) is 10.0 Å². The van der Waals surface area contributed by atoms with Crippen molar-refractivity contribution in [3.05, 3.63) is 87.9 Å². The van der Waals surface area contributed by atoms with Gasteiger partial charge in [-0.3, -0.25) is 13.9 Å². The highest BCUT2D eigenvalue weighted by Gasteiger charge is 2.33. The Morgan fingerprint density at radius 1 is 0.951 bits per heavy atom. The molecule has 41 heavy (non-hydrogen) atoms. The van der Waals surface area contributed by atoms with Gasteiger partial charge in [-0.15, -0.1) is 0 Å². The minimum atomic E-state index is -4.19. The molecule has 0 saturated carbocycles. The monoisotopic (exact) mass is 619 g/mol. The Kier molecular flexibility index (Phi) is 11.1. The zero-order chi connectivity index (χ0) is 30.3. The second-order valence-corrected chi connectivity index (χ2v) is 12.6. The first-order chi connectivity index (χ1) is 19.3. The van der Waals surface area contributed by atoms with E-state index in [-0.39, 0.29) is 23.4 Å². The number of anilines is 1. The molecule has 8 nitrogen and oxygen atoms in total. The number of benzene rings is 3. The van der Waals surface area contributed by atoms with Crippen LogP contribution in [0.1, 0.15) is 38.8 Å². The van der Waals surface area contributed by atoms with Crippen LogP contribution in [0.5, 0.6) is 5.75 Å². The van der Waals surface area contributed by atoms with E-state index in [0.29, 0.717) is 33.7 Å². The summed E-state index contributed by atoms with van der Waals surface area (Å²) in [5, 5.41) is 3.57. The third-order valence-electron chi connectivity index (χ3n) is 6.28. The fourth-order valence-electron chi connectivity index (χ4n) is 4.06. The maximum Gasteiger partial charge on any atom is 0.264 e. The summed E-state index contributed by atoms with van der Waals surface area (Å²) in [5.74, 6) is -0.437. The standard InChI is InChI=1S/C30H35Cl2N3O5S/c1-6-40-26-13-15-27(16-14-26)41(38,39)35(25-11-7-21(4)8-12-25)19-29(36)34(22(5)30(37)33-20(2)3)18-23-9-10-24(31)17-28(23)32/h7-17,20,22H,6,18-19H2,1-5H3,(H,33,37)/t22-/m0/s1. The summed E-state index contributed by atoms with van der Waals surface area (Å²) in [6, 6.07) is 16.6. The van der Waals surface area contributed by atoms with E-state index in [9.17, 15) is 18.0 Å². The van der Waals surface area contributed by atoms with Gasteiger partial charge in [-0.1, -0.05) is 47.0 Å². The summed E-state index contributed by atoms with van der Waals surface area (Å²) in [6.45, 7) is 8.79. The van der Waals surface area contributed by atoms with Gasteiger partial charge in [0.2, 0.25) is 11.8 Å². The van der Waals surface area contributed by atoms with Crippen LogP contribution in [-0.4, -0.2) is 50.4 Å². The van der Waals surface area contributed by atoms with Gasteiger partial charge in [0.05, 0.1) is 17.2 Å². The summed E-state index contributed by atoms with van der Waals surface area (Å²) in [7, 11) is -4.19. The van der Waals surface area contributed by atoms with Crippen LogP contribution >= 0.6 is 23.2 Å². The molecule has 0 aliphatic carbocycles. The van der Waals surface area contributed by atoms with Gasteiger partial charge in [0.1, 0.15) is 18.3 Å². The van der Waals surface area contributed by atoms with Crippen LogP contribution in [-0.2, 0) is 26.2 Å². The smallest absolute Gasteiger partial charge is 0.264 e. The molecule has 3 rings (SSSR count). The maximum atomic E-state index is 14.0. The molecule has 0 spiro atoms. The third kappa shape index (κ3) is 8.38. The summed E-state index contributed by atoms with van der Waals surface area (Å²) in [4.78, 5) is 28.3. The number of hydrogen-bond donors (Lipinski definition) is 1. The highest BCUT2D eigenvalue weighted by molar-refractivity contribution is 7.92. The molecule has 3 aromatic rings. The summed E-state index contributed by atoms with van der Waals surface area (Å²) in [5.41, 5.74) is 1.79. The number of sulfonamides is 1. The predicted molar refractivity (Wildman–Crippen MR) is 163 cm³/mol. The predicted octanol–water partition coefficient (Wildman–Crippen LogP) is 5.84. The van der Waals surface area contributed by atoms with Gasteiger partial charge < -0.3 is 15.0 Å². The molecular formula is C30H35Cl2N3O5S. The summed E-state index contributed by atoms with van der Waals surface area (Å²) >= 11 is 12.5. The number of amides is 2. The Morgan fingerprint density at radius 3 is 2.15 bits per heavy atom. The number of nitrogens with zero attached hydrogens (tertiary/aromatic N) is 2. The average Bonchev–Trinajstić information content (AvgIpc) is 2.91. The number of ether oxygens (including phenoxy) is 1. The molecule has 1 N–H and O–H groups in total. The van der Waals surface area contributed by atoms with Gasteiger partial charge in [0.25, 0.3) is 10.0 Å². The van der Waals surface area contributed by atoms with Gasteiger partial charge >= 0.3 is 0 Å². The minimum Gasteiger partial charge on any atom is -0.494 e. The molecule has 2 amide bonds. The van der Waals surface area contributed by atoms with Crippen molar-refractivity contribution in [2.45, 2.75) is 58.1 Å². The first kappa shape index (κ1) is 32.2. The Bertz CT molecular complexity index is 1460. The van der Waals surface area contributed by atoms with E-state index in [1.807, 2.05) is 27.7 Å². The number of halogens is 2. The van der Waals surface area contributed by atoms with Crippen LogP contribution in [0.25, 0.3) is 0 Å². The molecule has 0 heterocycles. The first-order valence-corrected chi connectivity index (χ1v) is 15.4. The van der Waals surface area contributed by atoms with Crippen LogP contribution in [0, 0.1) is 6.92 Å². The maximum absolute atomic E-state index is 14.0. The van der Waals surface area contributed by atoms with E-state index in [0.717, 1.165) is 9.87 Å². The van der Waals surface area contributed by atoms with E-state index in [4.69, 9.17) is 27.9 Å². The normalized spacial score (nSPS) is 12.1. The lowest BCUT2D eigenvalue weighted by Gasteiger charge is -2.32. The molecule has 3 aromatic carbocycles. The molecule has 0 aliphatic rings. The number of carbonyl (C=O) groups is 2. The van der Waals surface area contributed by atoms with Crippen molar-refractivity contribution in [1.29, 1.82) is 0 Å². The third-order valence-corrected chi connectivity index (χ3v) is 8.65. The summed E-state index contributed by atoms with van der Waals surface area (Å²) < 4.78 is 34.4. The number of aryl methyl sites for hydroxylation is 1. The first-order valence-electron chi connectivity index (χ1n) is 13.2. The van der Waals surface area contributed by atoms with Gasteiger partial charge in [-0.25, -0.2) is 8.42 Å². The second-order valence-electron chi connectivity index (χ2n) is 9.85. The van der Waals surface area contributed by atoms with Crippen molar-refractivity contribution in [2.24, 2.45) is 0 Å². The van der Waals surface area contributed by atoms with Gasteiger partial charge in [0, 0.05) is 22.6 Å². The zero-order valence-corrected chi connectivity index (χ0v) is 26.1. The summed E-state index contributed by atoms with van der Waals surface area (Å²) in [6.07, 6.45) is 0. The number of nitrogens with one attached hydrogen (secondary N) is 1. The molecule has 0 fully saturated rings. The highest BCUT2D eigenvalue weighted by atomic mass is 35.5. The van der Waals surface area contributed by atoms with Gasteiger partial charge in [0.15, 0.2) is 0 Å². The van der Waals surface area contributed by atoms with Crippen molar-refractivity contribution in [3.63, 3.8) is 0 Å². The van der Waals surface area contributed by atoms with Crippen LogP contribution in [0.4, 0.5) is 5.69 Å². The molecule has 220 valence electrons. The van der Waals surface area contributed by atoms with Crippen molar-refractivity contribution in [3.8, 4) is 5.75 Å². The molecule has 0 saturated heterocycles. The van der Waals surface area contributed by atoms with E-state index < -0.39 is 28.5 Å². The second kappa shape index (κ2) is 14.1. The van der Waals surface area contributed by atoms with Gasteiger partial charge in [-0.05, 0) is 88.7 Å². The van der Waals surface area contributed by atoms with E-state index in [2.05, 4.69) is 5.32 Å². The fraction of sp³-hybridized carbons (Fsp3) is 0.333. The van der Waals surface area contributed by atoms with E-state index >= 15 is 0 Å². The zero-order valence-electron chi connectivity index (χ0n) is 23.7. The molecule has 0 unspecified atom stereocenters. The molecule has 1 atom stereocenters. The molecular weight excluding hydrogens is 585 g/mol. The van der Waals surface area contributed by atoms with E-state index in [1.165, 1.54) is 17.0 Å². The SMILES string of the molecule is CCOc1ccc(S(=O)(=O)N(CC(=O)N(Cc2ccc(Cl)cc2Cl)[C@@H](C)C(=O)NC(C)C)c2ccc(C)cc2)cc1. The molecule has 0 radical (unpaired) electrons. The largest absolute Gasteiger partial charge is 0.494 e. The molecule has 0 aromatic heterocycles. The van der Waals surface area contributed by atoms with Crippen molar-refractivity contribution < 1.29 is 22.7 Å². The lowest BCUT2D eigenvalue weighted by Crippen LogP contribution is -2.52. The average molecular weight is 621 g/mol. The molecule has 0 aliphatic heterocycles. The van der Waals surface area contributed by atoms with Crippen molar-refractivity contribution in [1.82, 2.24) is 10.2 Å². The quantitative estimate of drug-likeness (QED) is 0.275. The molecule has 0 bridgehead atoms. The topological polar surface area (TPSA) is 96.0 Å². The van der Waals surface area contributed by atoms with Crippen LogP contribution in [0.15, 0.2) is 71.6 Å². The van der Waals surface area contributed by atoms with Crippen molar-refractivity contribution >= 4 is 50.7 Å². The Balaban J connectivity index is 2.04. The number of rotatable bonds is 12. The van der Waals surface area contributed by atoms with Crippen molar-refractivity contribution in [2.75, 3.05) is 17.5 Å². The van der Waals surface area contributed by atoms with Crippen LogP contribution < -0.4 is 14.4 Å². The van der Waals surface area contributed by atoms with Crippen LogP contribution in [0.3, 0.4) is 0 Å². The highest BCUT2D eigenvalue weighted by Crippen LogP contribution is 2.27. The Labute approximate surface area is 252 Å². The Hall–Kier alpha value is -3.27. The lowest BCUT2D eigenvalue weighted by molar-refractivity contribution is -0.139. The van der Waals surface area contributed by atoms with Gasteiger partial charge in [-0.2, -0.15) is 0 Å².